The van der Waals surface area contributed by atoms with E-state index in [0.717, 1.165) is 33.4 Å². The minimum Gasteiger partial charge on any atom is -0.352 e. The highest BCUT2D eigenvalue weighted by molar-refractivity contribution is 7.89. The van der Waals surface area contributed by atoms with Gasteiger partial charge in [-0.25, -0.2) is 28.3 Å². The maximum atomic E-state index is 14.5. The van der Waals surface area contributed by atoms with Gasteiger partial charge in [-0.05, 0) is 66.8 Å². The van der Waals surface area contributed by atoms with Crippen LogP contribution in [0.4, 0.5) is 11.6 Å². The Kier molecular flexibility index (Phi) is 7.88. The van der Waals surface area contributed by atoms with Gasteiger partial charge in [-0.2, -0.15) is 4.31 Å². The number of nitrogens with one attached hydrogen (secondary N) is 1. The Morgan fingerprint density at radius 1 is 0.917 bits per heavy atom. The summed E-state index contributed by atoms with van der Waals surface area (Å²) < 4.78 is 31.2. The molecule has 2 aromatic carbocycles. The van der Waals surface area contributed by atoms with Crippen molar-refractivity contribution in [1.29, 1.82) is 0 Å². The molecular formula is C35H34N8O4S. The van der Waals surface area contributed by atoms with E-state index in [0.29, 0.717) is 12.2 Å². The number of anilines is 2. The molecule has 3 aromatic heterocycles. The average Bonchev–Trinajstić information content (AvgIpc) is 3.58. The van der Waals surface area contributed by atoms with Gasteiger partial charge in [0.2, 0.25) is 11.9 Å². The second-order valence-corrected chi connectivity index (χ2v) is 14.5. The number of hydrogen-bond donors (Lipinski definition) is 1. The van der Waals surface area contributed by atoms with E-state index < -0.39 is 21.5 Å². The Bertz CT molecular complexity index is 2090. The van der Waals surface area contributed by atoms with Gasteiger partial charge in [-0.3, -0.25) is 19.1 Å². The van der Waals surface area contributed by atoms with E-state index >= 15 is 0 Å². The van der Waals surface area contributed by atoms with Crippen LogP contribution in [0.15, 0.2) is 96.9 Å². The molecule has 2 aliphatic heterocycles. The van der Waals surface area contributed by atoms with E-state index in [2.05, 4.69) is 25.3 Å². The number of benzene rings is 2. The minimum atomic E-state index is -4.12. The van der Waals surface area contributed by atoms with Crippen LogP contribution in [0.3, 0.4) is 0 Å². The number of pyridine rings is 1. The van der Waals surface area contributed by atoms with Crippen LogP contribution in [0, 0.1) is 19.8 Å². The van der Waals surface area contributed by atoms with Crippen LogP contribution < -0.4 is 10.2 Å². The number of aromatic nitrogens is 5. The molecule has 0 unspecified atom stereocenters. The Balaban J connectivity index is 1.19. The number of imidazole rings is 1. The average molecular weight is 663 g/mol. The van der Waals surface area contributed by atoms with Crippen molar-refractivity contribution < 1.29 is 18.0 Å². The molecule has 1 fully saturated rings. The van der Waals surface area contributed by atoms with Crippen LogP contribution in [0.25, 0.3) is 11.1 Å². The van der Waals surface area contributed by atoms with E-state index in [4.69, 9.17) is 0 Å². The highest BCUT2D eigenvalue weighted by atomic mass is 32.2. The standard InChI is InChI=1S/C35H34N8O4S/c1-23-11-24(2)13-30(12-23)42-33(45)35(3,14-25-6-8-27(9-7-25)28-17-37-22-38-18-28)43-31(19-40-34(42)43)48(46,47)41-20-29(21-41)32(44)39-16-26-5-4-10-36-15-26/h4-13,15,17-19,22,29H,14,16,20-21H2,1-3H3,(H,39,44)/t35-/m1/s1. The normalized spacial score (nSPS) is 18.1. The van der Waals surface area contributed by atoms with Crippen molar-refractivity contribution in [2.75, 3.05) is 18.0 Å². The zero-order chi connectivity index (χ0) is 33.6. The lowest BCUT2D eigenvalue weighted by Gasteiger charge is -2.37. The predicted octanol–water partition coefficient (Wildman–Crippen LogP) is 3.93. The summed E-state index contributed by atoms with van der Waals surface area (Å²) in [6.45, 7) is 6.01. The molecule has 12 nitrogen and oxygen atoms in total. The van der Waals surface area contributed by atoms with Gasteiger partial charge in [0.1, 0.15) is 11.9 Å². The summed E-state index contributed by atoms with van der Waals surface area (Å²) in [6, 6.07) is 17.2. The Labute approximate surface area is 278 Å². The summed E-state index contributed by atoms with van der Waals surface area (Å²) in [6.07, 6.45) is 9.79. The number of fused-ring (bicyclic) bond motifs is 1. The number of rotatable bonds is 9. The summed E-state index contributed by atoms with van der Waals surface area (Å²) >= 11 is 0. The second-order valence-electron chi connectivity index (χ2n) is 12.6. The molecule has 7 rings (SSSR count). The predicted molar refractivity (Wildman–Crippen MR) is 178 cm³/mol. The van der Waals surface area contributed by atoms with Crippen molar-refractivity contribution in [3.8, 4) is 11.1 Å². The third kappa shape index (κ3) is 5.54. The molecule has 1 saturated heterocycles. The van der Waals surface area contributed by atoms with E-state index in [-0.39, 0.29) is 42.3 Å². The van der Waals surface area contributed by atoms with Crippen LogP contribution in [-0.4, -0.2) is 62.1 Å². The van der Waals surface area contributed by atoms with Crippen molar-refractivity contribution >= 4 is 33.5 Å². The Morgan fingerprint density at radius 3 is 2.29 bits per heavy atom. The first-order valence-electron chi connectivity index (χ1n) is 15.6. The summed E-state index contributed by atoms with van der Waals surface area (Å²) in [7, 11) is -4.12. The molecular weight excluding hydrogens is 629 g/mol. The van der Waals surface area contributed by atoms with Crippen LogP contribution >= 0.6 is 0 Å². The lowest BCUT2D eigenvalue weighted by Crippen LogP contribution is -2.56. The highest BCUT2D eigenvalue weighted by Crippen LogP contribution is 2.44. The topological polar surface area (TPSA) is 143 Å². The number of sulfonamides is 1. The van der Waals surface area contributed by atoms with Gasteiger partial charge in [0, 0.05) is 56.4 Å². The molecule has 1 atom stereocenters. The fourth-order valence-electron chi connectivity index (χ4n) is 6.45. The zero-order valence-corrected chi connectivity index (χ0v) is 27.6. The van der Waals surface area contributed by atoms with Crippen LogP contribution in [0.5, 0.6) is 0 Å². The molecule has 0 saturated carbocycles. The first kappa shape index (κ1) is 31.3. The maximum absolute atomic E-state index is 14.5. The Morgan fingerprint density at radius 2 is 1.62 bits per heavy atom. The zero-order valence-electron chi connectivity index (χ0n) is 26.7. The van der Waals surface area contributed by atoms with Crippen molar-refractivity contribution in [3.05, 3.63) is 114 Å². The molecule has 48 heavy (non-hydrogen) atoms. The first-order chi connectivity index (χ1) is 23.0. The summed E-state index contributed by atoms with van der Waals surface area (Å²) in [5, 5.41) is 2.78. The van der Waals surface area contributed by atoms with Gasteiger partial charge in [0.05, 0.1) is 17.8 Å². The largest absolute Gasteiger partial charge is 0.352 e. The molecule has 13 heteroatoms. The number of amides is 2. The van der Waals surface area contributed by atoms with Gasteiger partial charge in [0.15, 0.2) is 5.03 Å². The fourth-order valence-corrected chi connectivity index (χ4v) is 8.17. The van der Waals surface area contributed by atoms with Crippen molar-refractivity contribution in [1.82, 2.24) is 34.1 Å². The van der Waals surface area contributed by atoms with Crippen molar-refractivity contribution in [3.63, 3.8) is 0 Å². The summed E-state index contributed by atoms with van der Waals surface area (Å²) in [4.78, 5) is 45.6. The molecule has 0 spiro atoms. The molecule has 244 valence electrons. The van der Waals surface area contributed by atoms with Crippen LogP contribution in [0.2, 0.25) is 0 Å². The summed E-state index contributed by atoms with van der Waals surface area (Å²) in [5.41, 5.74) is 4.69. The molecule has 1 N–H and O–H groups in total. The first-order valence-corrected chi connectivity index (χ1v) is 17.0. The molecule has 5 heterocycles. The SMILES string of the molecule is Cc1cc(C)cc(N2C(=O)[C@@](C)(Cc3ccc(-c4cncnc4)cc3)n3c(S(=O)(=O)N4CC(C(=O)NCc5cccnc5)C4)cnc32)c1. The molecule has 0 bridgehead atoms. The second kappa shape index (κ2) is 12.1. The van der Waals surface area contributed by atoms with E-state index in [1.54, 1.807) is 42.3 Å². The van der Waals surface area contributed by atoms with Crippen molar-refractivity contribution in [2.45, 2.75) is 44.3 Å². The lowest BCUT2D eigenvalue weighted by molar-refractivity contribution is -0.128. The van der Waals surface area contributed by atoms with Crippen LogP contribution in [-0.2, 0) is 38.1 Å². The number of carbonyl (C=O) groups is 2. The maximum Gasteiger partial charge on any atom is 0.260 e. The smallest absolute Gasteiger partial charge is 0.260 e. The van der Waals surface area contributed by atoms with Gasteiger partial charge >= 0.3 is 0 Å². The highest BCUT2D eigenvalue weighted by Gasteiger charge is 2.53. The van der Waals surface area contributed by atoms with E-state index in [1.165, 1.54) is 21.7 Å². The van der Waals surface area contributed by atoms with E-state index in [1.807, 2.05) is 62.4 Å². The molecule has 0 radical (unpaired) electrons. The summed E-state index contributed by atoms with van der Waals surface area (Å²) in [5.74, 6) is -0.777. The Hall–Kier alpha value is -5.27. The molecule has 2 aliphatic rings. The van der Waals surface area contributed by atoms with Gasteiger partial charge in [-0.1, -0.05) is 36.4 Å². The van der Waals surface area contributed by atoms with Crippen LogP contribution in [0.1, 0.15) is 29.2 Å². The number of hydrogen-bond acceptors (Lipinski definition) is 8. The minimum absolute atomic E-state index is 0.0256. The third-order valence-electron chi connectivity index (χ3n) is 8.94. The van der Waals surface area contributed by atoms with Gasteiger partial charge < -0.3 is 5.32 Å². The van der Waals surface area contributed by atoms with Gasteiger partial charge in [-0.15, -0.1) is 0 Å². The molecule has 2 amide bonds. The van der Waals surface area contributed by atoms with Gasteiger partial charge in [0.25, 0.3) is 15.9 Å². The monoisotopic (exact) mass is 662 g/mol. The quantitative estimate of drug-likeness (QED) is 0.250. The molecule has 5 aromatic rings. The number of aryl methyl sites for hydroxylation is 2. The fraction of sp³-hybridized carbons (Fsp3) is 0.257. The third-order valence-corrected chi connectivity index (χ3v) is 10.7. The number of nitrogens with zero attached hydrogens (tertiary/aromatic N) is 7. The lowest BCUT2D eigenvalue weighted by atomic mass is 9.91. The van der Waals surface area contributed by atoms with E-state index in [9.17, 15) is 18.0 Å². The van der Waals surface area contributed by atoms with Crippen molar-refractivity contribution in [2.24, 2.45) is 5.92 Å². The molecule has 0 aliphatic carbocycles. The number of carbonyl (C=O) groups excluding carboxylic acids is 2.